The van der Waals surface area contributed by atoms with Crippen LogP contribution in [0.5, 0.6) is 0 Å². The molecule has 6 heteroatoms. The summed E-state index contributed by atoms with van der Waals surface area (Å²) >= 11 is 0. The highest BCUT2D eigenvalue weighted by molar-refractivity contribution is 5.91. The van der Waals surface area contributed by atoms with Gasteiger partial charge in [-0.25, -0.2) is 9.59 Å². The molecule has 1 aliphatic rings. The Labute approximate surface area is 130 Å². The second-order valence-electron chi connectivity index (χ2n) is 6.20. The van der Waals surface area contributed by atoms with Crippen LogP contribution in [-0.4, -0.2) is 40.7 Å². The molecule has 1 amide bonds. The molecule has 0 fully saturated rings. The zero-order valence-electron chi connectivity index (χ0n) is 13.5. The van der Waals surface area contributed by atoms with Gasteiger partial charge in [0.2, 0.25) is 0 Å². The molecule has 2 heterocycles. The van der Waals surface area contributed by atoms with Crippen LogP contribution in [0.15, 0.2) is 12.4 Å². The molecule has 0 unspecified atom stereocenters. The van der Waals surface area contributed by atoms with Crippen LogP contribution in [0.3, 0.4) is 0 Å². The summed E-state index contributed by atoms with van der Waals surface area (Å²) in [6.07, 6.45) is 3.46. The number of pyridine rings is 1. The van der Waals surface area contributed by atoms with E-state index in [0.717, 1.165) is 11.1 Å². The smallest absolute Gasteiger partial charge is 0.410 e. The first-order valence-electron chi connectivity index (χ1n) is 7.42. The van der Waals surface area contributed by atoms with Crippen LogP contribution in [0.25, 0.3) is 0 Å². The van der Waals surface area contributed by atoms with Crippen molar-refractivity contribution >= 4 is 12.1 Å². The van der Waals surface area contributed by atoms with E-state index in [1.807, 2.05) is 20.8 Å². The lowest BCUT2D eigenvalue weighted by molar-refractivity contribution is 0.0223. The van der Waals surface area contributed by atoms with Crippen molar-refractivity contribution in [3.63, 3.8) is 0 Å². The lowest BCUT2D eigenvalue weighted by Gasteiger charge is -2.31. The van der Waals surface area contributed by atoms with E-state index < -0.39 is 5.60 Å². The van der Waals surface area contributed by atoms with E-state index in [0.29, 0.717) is 31.7 Å². The van der Waals surface area contributed by atoms with Gasteiger partial charge in [0.05, 0.1) is 18.7 Å². The largest absolute Gasteiger partial charge is 0.462 e. The van der Waals surface area contributed by atoms with Crippen molar-refractivity contribution in [3.8, 4) is 0 Å². The first-order valence-corrected chi connectivity index (χ1v) is 7.42. The summed E-state index contributed by atoms with van der Waals surface area (Å²) in [5, 5.41) is 0. The molecular formula is C16H22N2O4. The fourth-order valence-electron chi connectivity index (χ4n) is 2.36. The van der Waals surface area contributed by atoms with E-state index in [1.54, 1.807) is 18.0 Å². The Hall–Kier alpha value is -2.11. The maximum absolute atomic E-state index is 12.1. The van der Waals surface area contributed by atoms with E-state index >= 15 is 0 Å². The number of carbonyl (C=O) groups excluding carboxylic acids is 2. The molecular weight excluding hydrogens is 284 g/mol. The molecule has 22 heavy (non-hydrogen) atoms. The Morgan fingerprint density at radius 2 is 2.05 bits per heavy atom. The van der Waals surface area contributed by atoms with Crippen LogP contribution in [0.4, 0.5) is 4.79 Å². The Bertz CT molecular complexity index is 578. The van der Waals surface area contributed by atoms with Gasteiger partial charge < -0.3 is 14.4 Å². The zero-order valence-corrected chi connectivity index (χ0v) is 13.5. The average Bonchev–Trinajstić information content (AvgIpc) is 2.44. The molecule has 120 valence electrons. The molecule has 1 aromatic rings. The van der Waals surface area contributed by atoms with Crippen LogP contribution >= 0.6 is 0 Å². The number of aromatic nitrogens is 1. The lowest BCUT2D eigenvalue weighted by Crippen LogP contribution is -2.40. The predicted octanol–water partition coefficient (Wildman–Crippen LogP) is 2.55. The molecule has 1 aliphatic heterocycles. The number of fused-ring (bicyclic) bond motifs is 1. The standard InChI is InChI=1S/C16H22N2O4/c1-5-21-14(19)13-9-17-8-11-10-18(7-6-12(11)13)15(20)22-16(2,3)4/h8-9H,5-7,10H2,1-4H3. The van der Waals surface area contributed by atoms with Gasteiger partial charge in [0.15, 0.2) is 0 Å². The monoisotopic (exact) mass is 306 g/mol. The fourth-order valence-corrected chi connectivity index (χ4v) is 2.36. The summed E-state index contributed by atoms with van der Waals surface area (Å²) in [5.74, 6) is -0.363. The normalized spacial score (nSPS) is 14.3. The van der Waals surface area contributed by atoms with Crippen molar-refractivity contribution in [2.75, 3.05) is 13.2 Å². The van der Waals surface area contributed by atoms with E-state index in [1.165, 1.54) is 6.20 Å². The molecule has 0 atom stereocenters. The van der Waals surface area contributed by atoms with Crippen LogP contribution < -0.4 is 0 Å². The highest BCUT2D eigenvalue weighted by Gasteiger charge is 2.28. The minimum atomic E-state index is -0.525. The second-order valence-corrected chi connectivity index (χ2v) is 6.20. The maximum Gasteiger partial charge on any atom is 0.410 e. The van der Waals surface area contributed by atoms with E-state index in [4.69, 9.17) is 9.47 Å². The number of hydrogen-bond acceptors (Lipinski definition) is 5. The molecule has 0 saturated heterocycles. The Morgan fingerprint density at radius 3 is 2.68 bits per heavy atom. The number of rotatable bonds is 2. The summed E-state index contributed by atoms with van der Waals surface area (Å²) in [4.78, 5) is 29.8. The van der Waals surface area contributed by atoms with E-state index in [-0.39, 0.29) is 12.1 Å². The fraction of sp³-hybridized carbons (Fsp3) is 0.562. The molecule has 6 nitrogen and oxygen atoms in total. The van der Waals surface area contributed by atoms with Gasteiger partial charge in [-0.1, -0.05) is 0 Å². The van der Waals surface area contributed by atoms with Crippen LogP contribution in [-0.2, 0) is 22.4 Å². The summed E-state index contributed by atoms with van der Waals surface area (Å²) in [7, 11) is 0. The van der Waals surface area contributed by atoms with Crippen molar-refractivity contribution < 1.29 is 19.1 Å². The zero-order chi connectivity index (χ0) is 16.3. The van der Waals surface area contributed by atoms with Gasteiger partial charge in [-0.2, -0.15) is 0 Å². The van der Waals surface area contributed by atoms with Crippen LogP contribution in [0.2, 0.25) is 0 Å². The molecule has 0 aromatic carbocycles. The quantitative estimate of drug-likeness (QED) is 0.785. The molecule has 0 N–H and O–H groups in total. The molecule has 0 spiro atoms. The number of ether oxygens (including phenoxy) is 2. The SMILES string of the molecule is CCOC(=O)c1cncc2c1CCN(C(=O)OC(C)(C)C)C2. The minimum absolute atomic E-state index is 0.326. The summed E-state index contributed by atoms with van der Waals surface area (Å²) in [6.45, 7) is 8.51. The molecule has 0 aliphatic carbocycles. The van der Waals surface area contributed by atoms with Crippen molar-refractivity contribution in [1.29, 1.82) is 0 Å². The van der Waals surface area contributed by atoms with E-state index in [2.05, 4.69) is 4.98 Å². The summed E-state index contributed by atoms with van der Waals surface area (Å²) in [5.41, 5.74) is 1.74. The first kappa shape index (κ1) is 16.3. The number of hydrogen-bond donors (Lipinski definition) is 0. The van der Waals surface area contributed by atoms with Gasteiger partial charge in [0, 0.05) is 18.9 Å². The number of esters is 1. The molecule has 0 saturated carbocycles. The Kier molecular flexibility index (Phi) is 4.68. The first-order chi connectivity index (χ1) is 10.3. The van der Waals surface area contributed by atoms with E-state index in [9.17, 15) is 9.59 Å². The van der Waals surface area contributed by atoms with Gasteiger partial charge in [-0.15, -0.1) is 0 Å². The summed E-state index contributed by atoms with van der Waals surface area (Å²) in [6, 6.07) is 0. The maximum atomic E-state index is 12.1. The number of nitrogens with zero attached hydrogens (tertiary/aromatic N) is 2. The highest BCUT2D eigenvalue weighted by atomic mass is 16.6. The minimum Gasteiger partial charge on any atom is -0.462 e. The predicted molar refractivity (Wildman–Crippen MR) is 80.5 cm³/mol. The second kappa shape index (κ2) is 6.34. The molecule has 0 bridgehead atoms. The number of amides is 1. The van der Waals surface area contributed by atoms with Gasteiger partial charge in [-0.3, -0.25) is 4.98 Å². The van der Waals surface area contributed by atoms with Crippen molar-refractivity contribution in [1.82, 2.24) is 9.88 Å². The lowest BCUT2D eigenvalue weighted by atomic mass is 9.97. The highest BCUT2D eigenvalue weighted by Crippen LogP contribution is 2.23. The van der Waals surface area contributed by atoms with Crippen LogP contribution in [0.1, 0.15) is 49.2 Å². The van der Waals surface area contributed by atoms with Gasteiger partial charge in [-0.05, 0) is 45.2 Å². The third kappa shape index (κ3) is 3.75. The Balaban J connectivity index is 2.17. The van der Waals surface area contributed by atoms with Crippen molar-refractivity contribution in [2.24, 2.45) is 0 Å². The Morgan fingerprint density at radius 1 is 1.32 bits per heavy atom. The number of carbonyl (C=O) groups is 2. The summed E-state index contributed by atoms with van der Waals surface area (Å²) < 4.78 is 10.4. The molecule has 2 rings (SSSR count). The third-order valence-corrected chi connectivity index (χ3v) is 3.29. The van der Waals surface area contributed by atoms with Gasteiger partial charge in [0.25, 0.3) is 0 Å². The van der Waals surface area contributed by atoms with Gasteiger partial charge >= 0.3 is 12.1 Å². The third-order valence-electron chi connectivity index (χ3n) is 3.29. The van der Waals surface area contributed by atoms with Crippen molar-refractivity contribution in [3.05, 3.63) is 29.1 Å². The average molecular weight is 306 g/mol. The van der Waals surface area contributed by atoms with Crippen molar-refractivity contribution in [2.45, 2.75) is 46.3 Å². The topological polar surface area (TPSA) is 68.7 Å². The van der Waals surface area contributed by atoms with Gasteiger partial charge in [0.1, 0.15) is 5.60 Å². The van der Waals surface area contributed by atoms with Crippen LogP contribution in [0, 0.1) is 0 Å². The molecule has 1 aromatic heterocycles. The molecule has 0 radical (unpaired) electrons.